The zero-order chi connectivity index (χ0) is 27.8. The molecule has 0 spiro atoms. The van der Waals surface area contributed by atoms with Gasteiger partial charge in [-0.05, 0) is 80.2 Å². The van der Waals surface area contributed by atoms with E-state index < -0.39 is 16.6 Å². The molecule has 4 unspecified atom stereocenters. The molecule has 0 heterocycles. The van der Waals surface area contributed by atoms with Crippen LogP contribution in [0, 0.1) is 11.8 Å². The van der Waals surface area contributed by atoms with Gasteiger partial charge in [-0.1, -0.05) is 60.8 Å². The van der Waals surface area contributed by atoms with E-state index in [9.17, 15) is 9.59 Å². The normalized spacial score (nSPS) is 23.6. The number of carbonyl (C=O) groups is 2. The minimum absolute atomic E-state index is 0.116. The predicted molar refractivity (Wildman–Crippen MR) is 155 cm³/mol. The van der Waals surface area contributed by atoms with E-state index in [1.54, 1.807) is 0 Å². The number of hydrogen-bond acceptors (Lipinski definition) is 5. The summed E-state index contributed by atoms with van der Waals surface area (Å²) >= 11 is 0. The third kappa shape index (κ3) is 9.99. The van der Waals surface area contributed by atoms with Gasteiger partial charge in [-0.2, -0.15) is 0 Å². The van der Waals surface area contributed by atoms with Crippen LogP contribution in [0.25, 0.3) is 0 Å². The van der Waals surface area contributed by atoms with Crippen LogP contribution in [0.4, 0.5) is 0 Å². The molecule has 0 amide bonds. The Bertz CT molecular complexity index is 678. The highest BCUT2D eigenvalue weighted by Crippen LogP contribution is 2.49. The van der Waals surface area contributed by atoms with Crippen LogP contribution in [0.3, 0.4) is 0 Å². The number of unbranched alkanes of at least 4 members (excludes halogenated alkanes) is 4. The molecule has 212 valence electrons. The first kappa shape index (κ1) is 33.5. The summed E-state index contributed by atoms with van der Waals surface area (Å²) in [6.45, 7) is 23.3. The lowest BCUT2D eigenvalue weighted by atomic mass is 9.85. The molecule has 1 saturated carbocycles. The summed E-state index contributed by atoms with van der Waals surface area (Å²) in [4.78, 5) is 22.6. The van der Waals surface area contributed by atoms with Gasteiger partial charge in [0.05, 0.1) is 19.3 Å². The van der Waals surface area contributed by atoms with Crippen molar-refractivity contribution in [2.24, 2.45) is 11.8 Å². The molecule has 1 rings (SSSR count). The van der Waals surface area contributed by atoms with Crippen LogP contribution in [-0.4, -0.2) is 48.2 Å². The van der Waals surface area contributed by atoms with Crippen molar-refractivity contribution in [3.8, 4) is 0 Å². The third-order valence-corrected chi connectivity index (χ3v) is 18.2. The molecule has 36 heavy (non-hydrogen) atoms. The molecule has 1 aliphatic rings. The van der Waals surface area contributed by atoms with Gasteiger partial charge in [-0.15, -0.1) is 0 Å². The zero-order valence-electron chi connectivity index (χ0n) is 25.5. The SMILES string of the molecule is COC(=O)CCCCCCC1C(O[Si](C)(C)C(C)(C)C)CC(O[Si](C)(C)C(C)(C)C)C1CCCC=O. The molecule has 7 heteroatoms. The average molecular weight is 543 g/mol. The number of carbonyl (C=O) groups excluding carboxylic acids is 2. The first-order valence-corrected chi connectivity index (χ1v) is 20.1. The van der Waals surface area contributed by atoms with Crippen molar-refractivity contribution < 1.29 is 23.2 Å². The van der Waals surface area contributed by atoms with E-state index in [1.165, 1.54) is 7.11 Å². The van der Waals surface area contributed by atoms with E-state index in [1.807, 2.05) is 0 Å². The van der Waals surface area contributed by atoms with E-state index in [0.717, 1.165) is 57.7 Å². The highest BCUT2D eigenvalue weighted by molar-refractivity contribution is 6.74. The standard InChI is InChI=1S/C29H58O5Si2/c1-28(2,3)35(8,9)33-25-22-26(34-36(10,11)29(4,5)6)24(19-16-17-21-30)23(25)18-14-12-13-15-20-27(31)32-7/h21,23-26H,12-20,22H2,1-11H3. The molecule has 0 N–H and O–H groups in total. The summed E-state index contributed by atoms with van der Waals surface area (Å²) in [6.07, 6.45) is 10.9. The van der Waals surface area contributed by atoms with E-state index in [-0.39, 0.29) is 28.3 Å². The summed E-state index contributed by atoms with van der Waals surface area (Å²) in [5.74, 6) is 0.777. The van der Waals surface area contributed by atoms with Crippen LogP contribution in [0.1, 0.15) is 106 Å². The minimum atomic E-state index is -1.93. The van der Waals surface area contributed by atoms with Gasteiger partial charge in [-0.3, -0.25) is 4.79 Å². The second-order valence-electron chi connectivity index (χ2n) is 14.0. The topological polar surface area (TPSA) is 61.8 Å². The number of ether oxygens (including phenoxy) is 1. The maximum atomic E-state index is 11.4. The Balaban J connectivity index is 3.09. The molecule has 5 nitrogen and oxygen atoms in total. The van der Waals surface area contributed by atoms with Crippen LogP contribution < -0.4 is 0 Å². The van der Waals surface area contributed by atoms with Crippen LogP contribution in [0.5, 0.6) is 0 Å². The molecule has 4 atom stereocenters. The Morgan fingerprint density at radius 1 is 0.778 bits per heavy atom. The van der Waals surface area contributed by atoms with Crippen LogP contribution in [-0.2, 0) is 23.2 Å². The van der Waals surface area contributed by atoms with E-state index >= 15 is 0 Å². The summed E-state index contributed by atoms with van der Waals surface area (Å²) in [6, 6.07) is 0. The van der Waals surface area contributed by atoms with Crippen molar-refractivity contribution >= 4 is 28.9 Å². The van der Waals surface area contributed by atoms with Gasteiger partial charge < -0.3 is 18.4 Å². The highest BCUT2D eigenvalue weighted by Gasteiger charge is 2.50. The third-order valence-electron chi connectivity index (χ3n) is 9.23. The maximum absolute atomic E-state index is 11.4. The molecular weight excluding hydrogens is 484 g/mol. The van der Waals surface area contributed by atoms with E-state index in [0.29, 0.717) is 24.7 Å². The Morgan fingerprint density at radius 3 is 1.64 bits per heavy atom. The van der Waals surface area contributed by atoms with Crippen molar-refractivity contribution in [3.05, 3.63) is 0 Å². The van der Waals surface area contributed by atoms with Crippen molar-refractivity contribution in [2.75, 3.05) is 7.11 Å². The quantitative estimate of drug-likeness (QED) is 0.0901. The minimum Gasteiger partial charge on any atom is -0.469 e. The van der Waals surface area contributed by atoms with Gasteiger partial charge in [0.15, 0.2) is 16.6 Å². The fourth-order valence-corrected chi connectivity index (χ4v) is 7.62. The lowest BCUT2D eigenvalue weighted by Crippen LogP contribution is -2.45. The van der Waals surface area contributed by atoms with Crippen molar-refractivity contribution in [1.29, 1.82) is 0 Å². The van der Waals surface area contributed by atoms with E-state index in [2.05, 4.69) is 67.7 Å². The lowest BCUT2D eigenvalue weighted by molar-refractivity contribution is -0.140. The summed E-state index contributed by atoms with van der Waals surface area (Å²) < 4.78 is 19.0. The number of methoxy groups -OCH3 is 1. The van der Waals surface area contributed by atoms with E-state index in [4.69, 9.17) is 13.6 Å². The number of aldehydes is 1. The molecule has 0 aromatic heterocycles. The summed E-state index contributed by atoms with van der Waals surface area (Å²) in [5, 5.41) is 0.324. The summed E-state index contributed by atoms with van der Waals surface area (Å²) in [7, 11) is -2.41. The van der Waals surface area contributed by atoms with Gasteiger partial charge in [0.25, 0.3) is 0 Å². The average Bonchev–Trinajstić information content (AvgIpc) is 3.03. The van der Waals surface area contributed by atoms with Gasteiger partial charge in [0.2, 0.25) is 0 Å². The second-order valence-corrected chi connectivity index (χ2v) is 23.5. The smallest absolute Gasteiger partial charge is 0.305 e. The molecule has 0 radical (unpaired) electrons. The zero-order valence-corrected chi connectivity index (χ0v) is 27.5. The van der Waals surface area contributed by atoms with Gasteiger partial charge in [0.1, 0.15) is 6.29 Å². The predicted octanol–water partition coefficient (Wildman–Crippen LogP) is 8.29. The lowest BCUT2D eigenvalue weighted by Gasteiger charge is -2.40. The molecular formula is C29H58O5Si2. The molecule has 0 bridgehead atoms. The largest absolute Gasteiger partial charge is 0.469 e. The monoisotopic (exact) mass is 542 g/mol. The summed E-state index contributed by atoms with van der Waals surface area (Å²) in [5.41, 5.74) is 0. The van der Waals surface area contributed by atoms with Crippen molar-refractivity contribution in [3.63, 3.8) is 0 Å². The number of hydrogen-bond donors (Lipinski definition) is 0. The van der Waals surface area contributed by atoms with Crippen molar-refractivity contribution in [2.45, 2.75) is 154 Å². The fraction of sp³-hybridized carbons (Fsp3) is 0.931. The molecule has 0 saturated heterocycles. The van der Waals surface area contributed by atoms with Crippen LogP contribution in [0.2, 0.25) is 36.3 Å². The number of esters is 1. The molecule has 1 aliphatic carbocycles. The molecule has 1 fully saturated rings. The Hall–Kier alpha value is -0.506. The Labute approximate surface area is 225 Å². The van der Waals surface area contributed by atoms with Gasteiger partial charge >= 0.3 is 5.97 Å². The molecule has 0 aromatic rings. The molecule has 0 aliphatic heterocycles. The van der Waals surface area contributed by atoms with Gasteiger partial charge in [-0.25, -0.2) is 0 Å². The number of rotatable bonds is 15. The highest BCUT2D eigenvalue weighted by atomic mass is 28.4. The molecule has 0 aromatic carbocycles. The van der Waals surface area contributed by atoms with Crippen LogP contribution in [0.15, 0.2) is 0 Å². The second kappa shape index (κ2) is 14.0. The first-order valence-electron chi connectivity index (χ1n) is 14.3. The first-order chi connectivity index (χ1) is 16.5. The van der Waals surface area contributed by atoms with Crippen molar-refractivity contribution in [1.82, 2.24) is 0 Å². The van der Waals surface area contributed by atoms with Gasteiger partial charge in [0, 0.05) is 12.8 Å². The Morgan fingerprint density at radius 2 is 1.22 bits per heavy atom. The van der Waals surface area contributed by atoms with Crippen LogP contribution >= 0.6 is 0 Å². The maximum Gasteiger partial charge on any atom is 0.305 e. The fourth-order valence-electron chi connectivity index (χ4n) is 4.85. The Kier molecular flexibility index (Phi) is 13.1.